The normalized spacial score (nSPS) is 9.56. The van der Waals surface area contributed by atoms with Gasteiger partial charge in [0.15, 0.2) is 5.15 Å². The van der Waals surface area contributed by atoms with Gasteiger partial charge in [-0.3, -0.25) is 9.89 Å². The van der Waals surface area contributed by atoms with Crippen molar-refractivity contribution in [2.75, 3.05) is 0 Å². The number of H-pyrrole nitrogens is 1. The van der Waals surface area contributed by atoms with Gasteiger partial charge in [-0.2, -0.15) is 5.10 Å². The van der Waals surface area contributed by atoms with Crippen molar-refractivity contribution in [2.24, 2.45) is 0 Å². The number of nitrogens with one attached hydrogen (secondary N) is 1. The Morgan fingerprint density at radius 1 is 1.78 bits per heavy atom. The maximum atomic E-state index is 10.6. The molecule has 0 aliphatic heterocycles. The van der Waals surface area contributed by atoms with Crippen molar-refractivity contribution in [2.45, 2.75) is 5.03 Å². The zero-order valence-electron chi connectivity index (χ0n) is 4.26. The molecule has 0 bridgehead atoms. The van der Waals surface area contributed by atoms with Gasteiger partial charge in [0.2, 0.25) is 5.43 Å². The largest absolute Gasteiger partial charge is 0.286 e. The Labute approximate surface area is 61.5 Å². The van der Waals surface area contributed by atoms with E-state index in [2.05, 4.69) is 22.8 Å². The van der Waals surface area contributed by atoms with E-state index in [0.717, 1.165) is 0 Å². The molecule has 0 atom stereocenters. The van der Waals surface area contributed by atoms with E-state index in [1.807, 2.05) is 0 Å². The summed E-state index contributed by atoms with van der Waals surface area (Å²) in [6.07, 6.45) is 0. The lowest BCUT2D eigenvalue weighted by atomic mass is 10.6. The van der Waals surface area contributed by atoms with Crippen LogP contribution < -0.4 is 5.43 Å². The van der Waals surface area contributed by atoms with Gasteiger partial charge in [0.05, 0.1) is 5.03 Å². The molecule has 0 amide bonds. The summed E-state index contributed by atoms with van der Waals surface area (Å²) in [5, 5.41) is 6.20. The van der Waals surface area contributed by atoms with Crippen molar-refractivity contribution in [1.29, 1.82) is 0 Å². The van der Waals surface area contributed by atoms with Crippen LogP contribution in [0.1, 0.15) is 0 Å². The Morgan fingerprint density at radius 2 is 2.44 bits per heavy atom. The first-order valence-electron chi connectivity index (χ1n) is 2.14. The fraction of sp³-hybridized carbons (Fsp3) is 0. The third-order valence-corrected chi connectivity index (χ3v) is 1.24. The van der Waals surface area contributed by atoms with Crippen LogP contribution in [0, 0.1) is 0 Å². The molecule has 3 nitrogen and oxygen atoms in total. The van der Waals surface area contributed by atoms with Crippen LogP contribution in [-0.2, 0) is 0 Å². The number of halogens is 1. The molecular formula is C4H3ClN2OS. The molecule has 1 N–H and O–H groups in total. The van der Waals surface area contributed by atoms with Crippen molar-refractivity contribution >= 4 is 24.2 Å². The van der Waals surface area contributed by atoms with Crippen molar-refractivity contribution in [3.05, 3.63) is 21.4 Å². The first-order valence-corrected chi connectivity index (χ1v) is 2.97. The summed E-state index contributed by atoms with van der Waals surface area (Å²) in [4.78, 5) is 10.6. The van der Waals surface area contributed by atoms with E-state index in [0.29, 0.717) is 5.03 Å². The minimum atomic E-state index is -0.319. The van der Waals surface area contributed by atoms with E-state index in [4.69, 9.17) is 11.6 Å². The van der Waals surface area contributed by atoms with Gasteiger partial charge >= 0.3 is 0 Å². The predicted octanol–water partition coefficient (Wildman–Crippen LogP) is 0.712. The Balaban J connectivity index is 3.34. The van der Waals surface area contributed by atoms with Crippen LogP contribution in [0.25, 0.3) is 0 Å². The maximum Gasteiger partial charge on any atom is 0.220 e. The fourth-order valence-electron chi connectivity index (χ4n) is 0.377. The van der Waals surface area contributed by atoms with Crippen LogP contribution in [0.15, 0.2) is 15.9 Å². The highest BCUT2D eigenvalue weighted by atomic mass is 35.5. The monoisotopic (exact) mass is 162 g/mol. The Hall–Kier alpha value is -0.480. The molecule has 1 aromatic heterocycles. The average molecular weight is 163 g/mol. The minimum absolute atomic E-state index is 0.0622. The van der Waals surface area contributed by atoms with Crippen molar-refractivity contribution in [3.8, 4) is 0 Å². The molecule has 0 aliphatic rings. The number of rotatable bonds is 0. The second-order valence-corrected chi connectivity index (χ2v) is 2.25. The van der Waals surface area contributed by atoms with Gasteiger partial charge in [-0.25, -0.2) is 0 Å². The molecule has 0 unspecified atom stereocenters. The molecule has 0 fully saturated rings. The van der Waals surface area contributed by atoms with E-state index in [1.54, 1.807) is 0 Å². The maximum absolute atomic E-state index is 10.6. The van der Waals surface area contributed by atoms with Crippen LogP contribution >= 0.6 is 24.2 Å². The standard InChI is InChI=1S/C4H3ClN2OS/c5-4-2(8)1-3(9)6-7-4/h1H,(H2,6,8,9). The molecular weight excluding hydrogens is 160 g/mol. The molecule has 0 radical (unpaired) electrons. The Kier molecular flexibility index (Phi) is 1.78. The van der Waals surface area contributed by atoms with Crippen molar-refractivity contribution in [1.82, 2.24) is 10.2 Å². The molecule has 0 aromatic carbocycles. The van der Waals surface area contributed by atoms with Gasteiger partial charge < -0.3 is 0 Å². The fourth-order valence-corrected chi connectivity index (χ4v) is 0.642. The van der Waals surface area contributed by atoms with E-state index < -0.39 is 0 Å². The van der Waals surface area contributed by atoms with E-state index in [1.165, 1.54) is 6.07 Å². The third-order valence-electron chi connectivity index (χ3n) is 0.740. The van der Waals surface area contributed by atoms with Crippen molar-refractivity contribution in [3.63, 3.8) is 0 Å². The predicted molar refractivity (Wildman–Crippen MR) is 37.1 cm³/mol. The molecule has 48 valence electrons. The summed E-state index contributed by atoms with van der Waals surface area (Å²) in [7, 11) is 0. The van der Waals surface area contributed by atoms with Gasteiger partial charge in [-0.15, -0.1) is 12.6 Å². The third kappa shape index (κ3) is 1.46. The van der Waals surface area contributed by atoms with Crippen LogP contribution in [0.4, 0.5) is 0 Å². The highest BCUT2D eigenvalue weighted by Crippen LogP contribution is 1.97. The van der Waals surface area contributed by atoms with Gasteiger partial charge in [-0.1, -0.05) is 11.6 Å². The Morgan fingerprint density at radius 3 is 2.89 bits per heavy atom. The minimum Gasteiger partial charge on any atom is -0.286 e. The summed E-state index contributed by atoms with van der Waals surface area (Å²) >= 11 is 9.12. The summed E-state index contributed by atoms with van der Waals surface area (Å²) in [6.45, 7) is 0. The number of hydrogen-bond donors (Lipinski definition) is 2. The summed E-state index contributed by atoms with van der Waals surface area (Å²) in [5.41, 5.74) is -0.319. The first-order chi connectivity index (χ1) is 4.20. The summed E-state index contributed by atoms with van der Waals surface area (Å²) in [5.74, 6) is 0. The van der Waals surface area contributed by atoms with Gasteiger partial charge in [0.1, 0.15) is 0 Å². The molecule has 1 rings (SSSR count). The number of thiol groups is 1. The van der Waals surface area contributed by atoms with Gasteiger partial charge in [0, 0.05) is 6.07 Å². The molecule has 1 aromatic rings. The number of aromatic nitrogens is 2. The molecule has 0 spiro atoms. The number of aromatic amines is 1. The lowest BCUT2D eigenvalue weighted by Crippen LogP contribution is -2.03. The molecule has 0 saturated heterocycles. The van der Waals surface area contributed by atoms with Crippen LogP contribution in [0.5, 0.6) is 0 Å². The SMILES string of the molecule is O=c1cc(S)[nH]nc1Cl. The van der Waals surface area contributed by atoms with Crippen molar-refractivity contribution < 1.29 is 0 Å². The van der Waals surface area contributed by atoms with E-state index >= 15 is 0 Å². The zero-order valence-corrected chi connectivity index (χ0v) is 5.91. The second kappa shape index (κ2) is 2.41. The lowest BCUT2D eigenvalue weighted by molar-refractivity contribution is 0.922. The van der Waals surface area contributed by atoms with Crippen LogP contribution in [0.3, 0.4) is 0 Å². The second-order valence-electron chi connectivity index (χ2n) is 1.41. The number of hydrogen-bond acceptors (Lipinski definition) is 3. The molecule has 1 heterocycles. The van der Waals surface area contributed by atoms with Crippen LogP contribution in [0.2, 0.25) is 5.15 Å². The first kappa shape index (κ1) is 6.64. The zero-order chi connectivity index (χ0) is 6.85. The number of nitrogens with zero attached hydrogens (tertiary/aromatic N) is 1. The highest BCUT2D eigenvalue weighted by molar-refractivity contribution is 7.80. The summed E-state index contributed by atoms with van der Waals surface area (Å²) in [6, 6.07) is 1.26. The molecule has 5 heteroatoms. The molecule has 0 saturated carbocycles. The Bertz CT molecular complexity index is 272. The average Bonchev–Trinajstić information content (AvgIpc) is 1.80. The van der Waals surface area contributed by atoms with Gasteiger partial charge in [0.25, 0.3) is 0 Å². The summed E-state index contributed by atoms with van der Waals surface area (Å²) < 4.78 is 0. The van der Waals surface area contributed by atoms with E-state index in [9.17, 15) is 4.79 Å². The highest BCUT2D eigenvalue weighted by Gasteiger charge is 1.94. The van der Waals surface area contributed by atoms with E-state index in [-0.39, 0.29) is 10.6 Å². The van der Waals surface area contributed by atoms with Crippen LogP contribution in [-0.4, -0.2) is 10.2 Å². The quantitative estimate of drug-likeness (QED) is 0.552. The van der Waals surface area contributed by atoms with Gasteiger partial charge in [-0.05, 0) is 0 Å². The molecule has 0 aliphatic carbocycles. The lowest BCUT2D eigenvalue weighted by Gasteiger charge is -1.87. The smallest absolute Gasteiger partial charge is 0.220 e. The molecule has 9 heavy (non-hydrogen) atoms. The topological polar surface area (TPSA) is 45.8 Å².